The van der Waals surface area contributed by atoms with E-state index >= 15 is 0 Å². The zero-order valence-corrected chi connectivity index (χ0v) is 20.0. The number of para-hydroxylation sites is 2. The Bertz CT molecular complexity index is 1020. The Labute approximate surface area is 201 Å². The lowest BCUT2D eigenvalue weighted by Crippen LogP contribution is -2.34. The van der Waals surface area contributed by atoms with Crippen molar-refractivity contribution in [3.05, 3.63) is 83.5 Å². The van der Waals surface area contributed by atoms with Crippen LogP contribution in [0.1, 0.15) is 24.1 Å². The second-order valence-corrected chi connectivity index (χ2v) is 8.30. The first-order chi connectivity index (χ1) is 16.0. The van der Waals surface area contributed by atoms with E-state index in [9.17, 15) is 5.11 Å². The summed E-state index contributed by atoms with van der Waals surface area (Å²) in [5, 5.41) is 15.8. The second kappa shape index (κ2) is 12.6. The van der Waals surface area contributed by atoms with Gasteiger partial charge in [-0.25, -0.2) is 4.68 Å². The lowest BCUT2D eigenvalue weighted by molar-refractivity contribution is 0.0804. The standard InChI is InChI=1S/C26H32ClN3O3/c1-4-5-13-22(31)18-29(16-17-32-3)19-23-20(2)28-30(21-11-7-6-8-12-21)26(23)33-25-15-10-9-14-24(25)27/h4,6-12,14-15,22,31H,1,5,13,16-19H2,2-3H3/t22-/m1/s1. The molecule has 7 heteroatoms. The van der Waals surface area contributed by atoms with E-state index in [4.69, 9.17) is 26.2 Å². The van der Waals surface area contributed by atoms with Gasteiger partial charge in [-0.3, -0.25) is 4.90 Å². The van der Waals surface area contributed by atoms with E-state index in [0.29, 0.717) is 49.3 Å². The molecular formula is C26H32ClN3O3. The summed E-state index contributed by atoms with van der Waals surface area (Å²) < 4.78 is 13.5. The number of nitrogens with zero attached hydrogens (tertiary/aromatic N) is 3. The molecule has 1 heterocycles. The molecule has 0 aliphatic heterocycles. The molecule has 0 amide bonds. The summed E-state index contributed by atoms with van der Waals surface area (Å²) >= 11 is 6.40. The highest BCUT2D eigenvalue weighted by molar-refractivity contribution is 6.32. The fourth-order valence-electron chi connectivity index (χ4n) is 3.58. The molecule has 0 radical (unpaired) electrons. The first-order valence-electron chi connectivity index (χ1n) is 11.1. The van der Waals surface area contributed by atoms with Crippen LogP contribution in [0.25, 0.3) is 5.69 Å². The van der Waals surface area contributed by atoms with Crippen LogP contribution in [0.2, 0.25) is 5.02 Å². The van der Waals surface area contributed by atoms with Crippen LogP contribution < -0.4 is 4.74 Å². The fraction of sp³-hybridized carbons (Fsp3) is 0.346. The van der Waals surface area contributed by atoms with E-state index < -0.39 is 6.10 Å². The minimum absolute atomic E-state index is 0.461. The smallest absolute Gasteiger partial charge is 0.227 e. The maximum Gasteiger partial charge on any atom is 0.227 e. The summed E-state index contributed by atoms with van der Waals surface area (Å²) in [7, 11) is 1.68. The third-order valence-electron chi connectivity index (χ3n) is 5.35. The molecule has 0 saturated carbocycles. The summed E-state index contributed by atoms with van der Waals surface area (Å²) in [6.45, 7) is 8.00. The molecule has 2 aromatic carbocycles. The SMILES string of the molecule is C=CCC[C@@H](O)CN(CCOC)Cc1c(C)nn(-c2ccccc2)c1Oc1ccccc1Cl. The zero-order valence-electron chi connectivity index (χ0n) is 19.3. The molecule has 6 nitrogen and oxygen atoms in total. The van der Waals surface area contributed by atoms with E-state index in [1.165, 1.54) is 0 Å². The molecule has 0 aliphatic carbocycles. The summed E-state index contributed by atoms with van der Waals surface area (Å²) in [6.07, 6.45) is 2.80. The van der Waals surface area contributed by atoms with E-state index in [-0.39, 0.29) is 0 Å². The number of allylic oxidation sites excluding steroid dienone is 1. The van der Waals surface area contributed by atoms with Crippen molar-refractivity contribution in [3.8, 4) is 17.3 Å². The molecule has 1 aromatic heterocycles. The Morgan fingerprint density at radius 2 is 1.91 bits per heavy atom. The number of hydrogen-bond donors (Lipinski definition) is 1. The molecule has 3 aromatic rings. The largest absolute Gasteiger partial charge is 0.437 e. The molecule has 33 heavy (non-hydrogen) atoms. The summed E-state index contributed by atoms with van der Waals surface area (Å²) in [6, 6.07) is 17.3. The molecule has 1 N–H and O–H groups in total. The second-order valence-electron chi connectivity index (χ2n) is 7.90. The molecule has 0 bridgehead atoms. The third kappa shape index (κ3) is 6.92. The highest BCUT2D eigenvalue weighted by Crippen LogP contribution is 2.34. The highest BCUT2D eigenvalue weighted by atomic mass is 35.5. The van der Waals surface area contributed by atoms with E-state index in [1.807, 2.05) is 61.5 Å². The third-order valence-corrected chi connectivity index (χ3v) is 5.66. The zero-order chi connectivity index (χ0) is 23.6. The van der Waals surface area contributed by atoms with Gasteiger partial charge in [-0.05, 0) is 44.0 Å². The van der Waals surface area contributed by atoms with Crippen LogP contribution in [0.4, 0.5) is 0 Å². The molecule has 0 spiro atoms. The number of methoxy groups -OCH3 is 1. The monoisotopic (exact) mass is 469 g/mol. The Hall–Kier alpha value is -2.64. The van der Waals surface area contributed by atoms with Crippen LogP contribution in [0.5, 0.6) is 11.6 Å². The number of hydrogen-bond acceptors (Lipinski definition) is 5. The summed E-state index contributed by atoms with van der Waals surface area (Å²) in [5.41, 5.74) is 2.68. The van der Waals surface area contributed by atoms with Crippen LogP contribution in [0, 0.1) is 6.92 Å². The maximum atomic E-state index is 10.5. The number of ether oxygens (including phenoxy) is 2. The van der Waals surface area contributed by atoms with Gasteiger partial charge in [-0.1, -0.05) is 48.0 Å². The molecule has 3 rings (SSSR count). The van der Waals surface area contributed by atoms with Crippen molar-refractivity contribution in [3.63, 3.8) is 0 Å². The quantitative estimate of drug-likeness (QED) is 0.339. The van der Waals surface area contributed by atoms with Gasteiger partial charge in [0.25, 0.3) is 0 Å². The minimum Gasteiger partial charge on any atom is -0.437 e. The molecule has 0 unspecified atom stereocenters. The van der Waals surface area contributed by atoms with Crippen LogP contribution in [-0.2, 0) is 11.3 Å². The summed E-state index contributed by atoms with van der Waals surface area (Å²) in [5.74, 6) is 1.17. The minimum atomic E-state index is -0.461. The predicted octanol–water partition coefficient (Wildman–Crippen LogP) is 5.40. The maximum absolute atomic E-state index is 10.5. The number of aromatic nitrogens is 2. The molecule has 176 valence electrons. The Balaban J connectivity index is 1.97. The van der Waals surface area contributed by atoms with Gasteiger partial charge in [0.2, 0.25) is 5.88 Å². The number of rotatable bonds is 13. The average Bonchev–Trinajstić information content (AvgIpc) is 3.13. The van der Waals surface area contributed by atoms with Crippen molar-refractivity contribution in [2.24, 2.45) is 0 Å². The molecular weight excluding hydrogens is 438 g/mol. The van der Waals surface area contributed by atoms with Crippen molar-refractivity contribution in [1.82, 2.24) is 14.7 Å². The van der Waals surface area contributed by atoms with Crippen molar-refractivity contribution < 1.29 is 14.6 Å². The van der Waals surface area contributed by atoms with E-state index in [2.05, 4.69) is 11.5 Å². The number of benzene rings is 2. The first kappa shape index (κ1) is 25.0. The van der Waals surface area contributed by atoms with Gasteiger partial charge >= 0.3 is 0 Å². The normalized spacial score (nSPS) is 12.2. The highest BCUT2D eigenvalue weighted by Gasteiger charge is 2.23. The van der Waals surface area contributed by atoms with E-state index in [1.54, 1.807) is 17.9 Å². The van der Waals surface area contributed by atoms with E-state index in [0.717, 1.165) is 23.4 Å². The van der Waals surface area contributed by atoms with Crippen LogP contribution in [0.15, 0.2) is 67.3 Å². The molecule has 0 fully saturated rings. The summed E-state index contributed by atoms with van der Waals surface area (Å²) in [4.78, 5) is 2.16. The lowest BCUT2D eigenvalue weighted by Gasteiger charge is -2.25. The number of aliphatic hydroxyl groups excluding tert-OH is 1. The molecule has 1 atom stereocenters. The van der Waals surface area contributed by atoms with Gasteiger partial charge in [0.05, 0.1) is 34.7 Å². The van der Waals surface area contributed by atoms with Gasteiger partial charge in [-0.15, -0.1) is 6.58 Å². The van der Waals surface area contributed by atoms with Crippen LogP contribution in [0.3, 0.4) is 0 Å². The van der Waals surface area contributed by atoms with Gasteiger partial charge in [-0.2, -0.15) is 5.10 Å². The Morgan fingerprint density at radius 1 is 1.18 bits per heavy atom. The van der Waals surface area contributed by atoms with Gasteiger partial charge < -0.3 is 14.6 Å². The van der Waals surface area contributed by atoms with Crippen molar-refractivity contribution in [2.75, 3.05) is 26.8 Å². The van der Waals surface area contributed by atoms with Crippen LogP contribution >= 0.6 is 11.6 Å². The topological polar surface area (TPSA) is 59.8 Å². The van der Waals surface area contributed by atoms with Gasteiger partial charge in [0.1, 0.15) is 5.75 Å². The van der Waals surface area contributed by atoms with Crippen molar-refractivity contribution in [2.45, 2.75) is 32.4 Å². The average molecular weight is 470 g/mol. The lowest BCUT2D eigenvalue weighted by atomic mass is 10.1. The van der Waals surface area contributed by atoms with Crippen LogP contribution in [-0.4, -0.2) is 52.7 Å². The Kier molecular flexibility index (Phi) is 9.51. The fourth-order valence-corrected chi connectivity index (χ4v) is 3.75. The first-order valence-corrected chi connectivity index (χ1v) is 11.5. The number of aliphatic hydroxyl groups is 1. The van der Waals surface area contributed by atoms with Crippen molar-refractivity contribution in [1.29, 1.82) is 0 Å². The number of halogens is 1. The molecule has 0 saturated heterocycles. The molecule has 0 aliphatic rings. The van der Waals surface area contributed by atoms with Gasteiger partial charge in [0, 0.05) is 26.7 Å². The predicted molar refractivity (Wildman–Crippen MR) is 132 cm³/mol. The Morgan fingerprint density at radius 3 is 2.61 bits per heavy atom. The van der Waals surface area contributed by atoms with Crippen molar-refractivity contribution >= 4 is 11.6 Å². The van der Waals surface area contributed by atoms with Gasteiger partial charge in [0.15, 0.2) is 0 Å². The number of aryl methyl sites for hydroxylation is 1.